The van der Waals surface area contributed by atoms with Gasteiger partial charge in [-0.1, -0.05) is 25.1 Å². The summed E-state index contributed by atoms with van der Waals surface area (Å²) in [4.78, 5) is 26.0. The van der Waals surface area contributed by atoms with Gasteiger partial charge in [-0.15, -0.1) is 0 Å². The molecule has 0 aliphatic rings. The molecular formula is C26H32O6. The second-order valence-electron chi connectivity index (χ2n) is 8.10. The zero-order chi connectivity index (χ0) is 23.9. The number of carbonyl (C=O) groups excluding carboxylic acids is 2. The molecule has 0 radical (unpaired) electrons. The van der Waals surface area contributed by atoms with E-state index in [2.05, 4.69) is 0 Å². The standard InChI is InChI=1S/C26H32O6/c1-17(14-19-9-12-21(30-5)23(16-19)32-7)25(28)26(2,3)24(27)13-10-18-8-11-20(29-4)22(15-18)31-6/h8-13,15-17H,14H2,1-7H3/b13-10+. The van der Waals surface area contributed by atoms with E-state index in [0.29, 0.717) is 29.4 Å². The average Bonchev–Trinajstić information content (AvgIpc) is 2.81. The van der Waals surface area contributed by atoms with Crippen molar-refractivity contribution in [1.29, 1.82) is 0 Å². The SMILES string of the molecule is COc1ccc(/C=C/C(=O)C(C)(C)C(=O)C(C)Cc2ccc(OC)c(OC)c2)cc1OC. The fourth-order valence-electron chi connectivity index (χ4n) is 3.53. The minimum absolute atomic E-state index is 0.116. The summed E-state index contributed by atoms with van der Waals surface area (Å²) in [7, 11) is 6.27. The molecule has 0 N–H and O–H groups in total. The van der Waals surface area contributed by atoms with Crippen LogP contribution in [0.25, 0.3) is 6.08 Å². The van der Waals surface area contributed by atoms with Crippen LogP contribution in [0.15, 0.2) is 42.5 Å². The molecule has 32 heavy (non-hydrogen) atoms. The fraction of sp³-hybridized carbons (Fsp3) is 0.385. The molecule has 0 heterocycles. The van der Waals surface area contributed by atoms with Gasteiger partial charge in [0.2, 0.25) is 0 Å². The largest absolute Gasteiger partial charge is 0.493 e. The van der Waals surface area contributed by atoms with Gasteiger partial charge >= 0.3 is 0 Å². The Morgan fingerprint density at radius 3 is 1.94 bits per heavy atom. The maximum Gasteiger partial charge on any atom is 0.168 e. The lowest BCUT2D eigenvalue weighted by molar-refractivity contribution is -0.138. The molecule has 6 heteroatoms. The molecule has 0 aliphatic carbocycles. The maximum absolute atomic E-state index is 13.1. The van der Waals surface area contributed by atoms with E-state index in [1.165, 1.54) is 6.08 Å². The van der Waals surface area contributed by atoms with E-state index in [4.69, 9.17) is 18.9 Å². The Hall–Kier alpha value is -3.28. The number of benzene rings is 2. The Bertz CT molecular complexity index is 990. The van der Waals surface area contributed by atoms with Gasteiger partial charge in [-0.05, 0) is 61.7 Å². The first-order chi connectivity index (χ1) is 15.2. The van der Waals surface area contributed by atoms with Crippen molar-refractivity contribution in [2.24, 2.45) is 11.3 Å². The second-order valence-corrected chi connectivity index (χ2v) is 8.10. The van der Waals surface area contributed by atoms with Crippen molar-refractivity contribution in [1.82, 2.24) is 0 Å². The van der Waals surface area contributed by atoms with Gasteiger partial charge in [0, 0.05) is 5.92 Å². The predicted molar refractivity (Wildman–Crippen MR) is 125 cm³/mol. The van der Waals surface area contributed by atoms with E-state index < -0.39 is 5.41 Å². The van der Waals surface area contributed by atoms with E-state index in [-0.39, 0.29) is 17.5 Å². The third kappa shape index (κ3) is 5.69. The van der Waals surface area contributed by atoms with Crippen LogP contribution in [0.4, 0.5) is 0 Å². The smallest absolute Gasteiger partial charge is 0.168 e. The van der Waals surface area contributed by atoms with Crippen molar-refractivity contribution >= 4 is 17.6 Å². The van der Waals surface area contributed by atoms with Crippen LogP contribution in [0.5, 0.6) is 23.0 Å². The van der Waals surface area contributed by atoms with Crippen LogP contribution in [-0.4, -0.2) is 40.0 Å². The first-order valence-corrected chi connectivity index (χ1v) is 10.4. The highest BCUT2D eigenvalue weighted by molar-refractivity contribution is 6.12. The van der Waals surface area contributed by atoms with E-state index in [9.17, 15) is 9.59 Å². The molecule has 6 nitrogen and oxygen atoms in total. The molecular weight excluding hydrogens is 408 g/mol. The van der Waals surface area contributed by atoms with Crippen LogP contribution in [0.3, 0.4) is 0 Å². The Morgan fingerprint density at radius 2 is 1.38 bits per heavy atom. The number of allylic oxidation sites excluding steroid dienone is 1. The Morgan fingerprint density at radius 1 is 0.844 bits per heavy atom. The van der Waals surface area contributed by atoms with E-state index >= 15 is 0 Å². The van der Waals surface area contributed by atoms with Gasteiger partial charge in [0.15, 0.2) is 28.8 Å². The summed E-state index contributed by atoms with van der Waals surface area (Å²) < 4.78 is 21.1. The lowest BCUT2D eigenvalue weighted by atomic mass is 9.76. The predicted octanol–water partition coefficient (Wildman–Crippen LogP) is 4.78. The molecule has 0 saturated carbocycles. The Balaban J connectivity index is 2.13. The summed E-state index contributed by atoms with van der Waals surface area (Å²) in [5, 5.41) is 0. The monoisotopic (exact) mass is 440 g/mol. The molecule has 0 aliphatic heterocycles. The van der Waals surface area contributed by atoms with Crippen LogP contribution >= 0.6 is 0 Å². The van der Waals surface area contributed by atoms with E-state index in [1.54, 1.807) is 60.5 Å². The molecule has 0 bridgehead atoms. The lowest BCUT2D eigenvalue weighted by Gasteiger charge is -2.24. The van der Waals surface area contributed by atoms with Gasteiger partial charge in [-0.2, -0.15) is 0 Å². The summed E-state index contributed by atoms with van der Waals surface area (Å²) in [5.41, 5.74) is 0.563. The summed E-state index contributed by atoms with van der Waals surface area (Å²) in [6, 6.07) is 10.9. The molecule has 0 aromatic heterocycles. The summed E-state index contributed by atoms with van der Waals surface area (Å²) in [6.45, 7) is 5.18. The van der Waals surface area contributed by atoms with Gasteiger partial charge in [-0.3, -0.25) is 9.59 Å². The van der Waals surface area contributed by atoms with Crippen molar-refractivity contribution in [3.8, 4) is 23.0 Å². The third-order valence-corrected chi connectivity index (χ3v) is 5.50. The summed E-state index contributed by atoms with van der Waals surface area (Å²) in [5.74, 6) is 1.70. The summed E-state index contributed by atoms with van der Waals surface area (Å²) >= 11 is 0. The van der Waals surface area contributed by atoms with Crippen molar-refractivity contribution in [2.75, 3.05) is 28.4 Å². The van der Waals surface area contributed by atoms with E-state index in [0.717, 1.165) is 11.1 Å². The van der Waals surface area contributed by atoms with Crippen LogP contribution in [0.1, 0.15) is 31.9 Å². The number of ether oxygens (including phenoxy) is 4. The van der Waals surface area contributed by atoms with Crippen LogP contribution in [-0.2, 0) is 16.0 Å². The molecule has 1 unspecified atom stereocenters. The van der Waals surface area contributed by atoms with Gasteiger partial charge in [0.05, 0.1) is 33.9 Å². The van der Waals surface area contributed by atoms with Gasteiger partial charge in [0.1, 0.15) is 5.78 Å². The first-order valence-electron chi connectivity index (χ1n) is 10.4. The highest BCUT2D eigenvalue weighted by atomic mass is 16.5. The Labute approximate surface area is 190 Å². The van der Waals surface area contributed by atoms with Crippen molar-refractivity contribution in [3.05, 3.63) is 53.6 Å². The first kappa shape index (κ1) is 25.0. The number of carbonyl (C=O) groups is 2. The number of hydrogen-bond donors (Lipinski definition) is 0. The van der Waals surface area contributed by atoms with Crippen LogP contribution < -0.4 is 18.9 Å². The van der Waals surface area contributed by atoms with Gasteiger partial charge in [-0.25, -0.2) is 0 Å². The normalized spacial score (nSPS) is 12.3. The zero-order valence-corrected chi connectivity index (χ0v) is 19.9. The number of methoxy groups -OCH3 is 4. The molecule has 2 aromatic rings. The number of rotatable bonds is 11. The average molecular weight is 441 g/mol. The van der Waals surface area contributed by atoms with Crippen LogP contribution in [0.2, 0.25) is 0 Å². The van der Waals surface area contributed by atoms with Crippen molar-refractivity contribution in [2.45, 2.75) is 27.2 Å². The molecule has 1 atom stereocenters. The fourth-order valence-corrected chi connectivity index (χ4v) is 3.53. The molecule has 2 rings (SSSR count). The molecule has 0 amide bonds. The number of Topliss-reactive ketones (excluding diaryl/α,β-unsaturated/α-hetero) is 1. The van der Waals surface area contributed by atoms with Gasteiger partial charge < -0.3 is 18.9 Å². The molecule has 0 saturated heterocycles. The van der Waals surface area contributed by atoms with E-state index in [1.807, 2.05) is 31.2 Å². The minimum Gasteiger partial charge on any atom is -0.493 e. The highest BCUT2D eigenvalue weighted by Gasteiger charge is 2.36. The van der Waals surface area contributed by atoms with Gasteiger partial charge in [0.25, 0.3) is 0 Å². The highest BCUT2D eigenvalue weighted by Crippen LogP contribution is 2.31. The maximum atomic E-state index is 13.1. The molecule has 0 fully saturated rings. The van der Waals surface area contributed by atoms with Crippen molar-refractivity contribution in [3.63, 3.8) is 0 Å². The number of hydrogen-bond acceptors (Lipinski definition) is 6. The Kier molecular flexibility index (Phi) is 8.47. The summed E-state index contributed by atoms with van der Waals surface area (Å²) in [6.07, 6.45) is 3.62. The van der Waals surface area contributed by atoms with Crippen LogP contribution in [0, 0.1) is 11.3 Å². The van der Waals surface area contributed by atoms with Crippen molar-refractivity contribution < 1.29 is 28.5 Å². The second kappa shape index (κ2) is 10.8. The molecule has 2 aromatic carbocycles. The lowest BCUT2D eigenvalue weighted by Crippen LogP contribution is -2.37. The zero-order valence-electron chi connectivity index (χ0n) is 19.9. The third-order valence-electron chi connectivity index (χ3n) is 5.50. The number of ketones is 2. The molecule has 172 valence electrons. The minimum atomic E-state index is -1.15. The molecule has 0 spiro atoms. The topological polar surface area (TPSA) is 71.1 Å². The quantitative estimate of drug-likeness (QED) is 0.370.